The number of hydrogen-bond acceptors (Lipinski definition) is 4. The summed E-state index contributed by atoms with van der Waals surface area (Å²) in [6.07, 6.45) is 0.901. The quantitative estimate of drug-likeness (QED) is 0.751. The number of thiophene rings is 1. The number of aryl methyl sites for hydroxylation is 1. The largest absolute Gasteiger partial charge is 0.494 e. The first kappa shape index (κ1) is 15.3. The molecule has 21 heavy (non-hydrogen) atoms. The standard InChI is InChI=1S/C17H17NO2S/c1-3-14-9-10-16(21-14)17(19)15(11-18)12-5-7-13(8-6-12)20-4-2/h5-10,15H,3-4H2,1-2H3. The fraction of sp³-hybridized carbons (Fsp3) is 0.294. The number of Topliss-reactive ketones (excluding diaryl/α,β-unsaturated/α-hetero) is 1. The van der Waals surface area contributed by atoms with Gasteiger partial charge in [-0.15, -0.1) is 11.3 Å². The maximum atomic E-state index is 12.5. The Hall–Kier alpha value is -2.12. The number of rotatable bonds is 6. The molecule has 0 saturated heterocycles. The Balaban J connectivity index is 2.22. The molecule has 1 heterocycles. The number of ketones is 1. The van der Waals surface area contributed by atoms with Crippen LogP contribution in [-0.2, 0) is 6.42 Å². The first-order valence-electron chi connectivity index (χ1n) is 6.94. The van der Waals surface area contributed by atoms with Crippen molar-refractivity contribution in [3.05, 3.63) is 51.7 Å². The molecule has 2 aromatic rings. The van der Waals surface area contributed by atoms with Crippen molar-refractivity contribution >= 4 is 17.1 Å². The SMILES string of the molecule is CCOc1ccc(C(C#N)C(=O)c2ccc(CC)s2)cc1. The Kier molecular flexibility index (Phi) is 5.13. The van der Waals surface area contributed by atoms with Gasteiger partial charge in [0.05, 0.1) is 17.6 Å². The van der Waals surface area contributed by atoms with E-state index in [-0.39, 0.29) is 5.78 Å². The van der Waals surface area contributed by atoms with E-state index < -0.39 is 5.92 Å². The van der Waals surface area contributed by atoms with Gasteiger partial charge in [0.2, 0.25) is 0 Å². The average Bonchev–Trinajstić information content (AvgIpc) is 2.99. The lowest BCUT2D eigenvalue weighted by Crippen LogP contribution is -2.09. The Morgan fingerprint density at radius 1 is 1.24 bits per heavy atom. The maximum Gasteiger partial charge on any atom is 0.194 e. The van der Waals surface area contributed by atoms with Gasteiger partial charge in [-0.05, 0) is 43.2 Å². The number of ether oxygens (including phenoxy) is 1. The van der Waals surface area contributed by atoms with Gasteiger partial charge >= 0.3 is 0 Å². The molecule has 4 heteroatoms. The van der Waals surface area contributed by atoms with Gasteiger partial charge in [0, 0.05) is 4.88 Å². The van der Waals surface area contributed by atoms with Crippen molar-refractivity contribution in [3.8, 4) is 11.8 Å². The van der Waals surface area contributed by atoms with Gasteiger partial charge in [-0.3, -0.25) is 4.79 Å². The molecular weight excluding hydrogens is 282 g/mol. The highest BCUT2D eigenvalue weighted by atomic mass is 32.1. The molecule has 0 saturated carbocycles. The number of carbonyl (C=O) groups is 1. The summed E-state index contributed by atoms with van der Waals surface area (Å²) in [5.41, 5.74) is 0.706. The van der Waals surface area contributed by atoms with Gasteiger partial charge in [-0.25, -0.2) is 0 Å². The molecular formula is C17H17NO2S. The van der Waals surface area contributed by atoms with Crippen molar-refractivity contribution in [1.29, 1.82) is 5.26 Å². The number of nitrogens with zero attached hydrogens (tertiary/aromatic N) is 1. The monoisotopic (exact) mass is 299 g/mol. The molecule has 1 unspecified atom stereocenters. The van der Waals surface area contributed by atoms with Crippen LogP contribution in [0.5, 0.6) is 5.75 Å². The van der Waals surface area contributed by atoms with E-state index >= 15 is 0 Å². The van der Waals surface area contributed by atoms with Crippen molar-refractivity contribution in [2.45, 2.75) is 26.2 Å². The van der Waals surface area contributed by atoms with Gasteiger partial charge < -0.3 is 4.74 Å². The highest BCUT2D eigenvalue weighted by Crippen LogP contribution is 2.26. The number of carbonyl (C=O) groups excluding carboxylic acids is 1. The van der Waals surface area contributed by atoms with Gasteiger partial charge in [0.15, 0.2) is 5.78 Å². The van der Waals surface area contributed by atoms with Crippen LogP contribution in [0.15, 0.2) is 36.4 Å². The van der Waals surface area contributed by atoms with Gasteiger partial charge in [0.1, 0.15) is 11.7 Å². The third-order valence-corrected chi connectivity index (χ3v) is 4.41. The Morgan fingerprint density at radius 2 is 1.95 bits per heavy atom. The Bertz CT molecular complexity index is 652. The van der Waals surface area contributed by atoms with Gasteiger partial charge in [-0.2, -0.15) is 5.26 Å². The number of nitriles is 1. The van der Waals surface area contributed by atoms with Crippen molar-refractivity contribution in [2.24, 2.45) is 0 Å². The van der Waals surface area contributed by atoms with E-state index in [1.807, 2.05) is 26.0 Å². The summed E-state index contributed by atoms with van der Waals surface area (Å²) >= 11 is 1.47. The molecule has 0 amide bonds. The summed E-state index contributed by atoms with van der Waals surface area (Å²) in [7, 11) is 0. The van der Waals surface area contributed by atoms with E-state index in [0.717, 1.165) is 17.0 Å². The van der Waals surface area contributed by atoms with E-state index in [1.54, 1.807) is 24.3 Å². The molecule has 0 aliphatic heterocycles. The zero-order chi connectivity index (χ0) is 15.2. The molecule has 3 nitrogen and oxygen atoms in total. The fourth-order valence-corrected chi connectivity index (χ4v) is 2.97. The Morgan fingerprint density at radius 3 is 2.48 bits per heavy atom. The molecule has 2 rings (SSSR count). The molecule has 0 N–H and O–H groups in total. The number of benzene rings is 1. The second-order valence-corrected chi connectivity index (χ2v) is 5.72. The second-order valence-electron chi connectivity index (χ2n) is 4.55. The summed E-state index contributed by atoms with van der Waals surface area (Å²) in [5, 5.41) is 9.35. The molecule has 0 aliphatic rings. The lowest BCUT2D eigenvalue weighted by Gasteiger charge is -2.09. The maximum absolute atomic E-state index is 12.5. The van der Waals surface area contributed by atoms with Crippen LogP contribution < -0.4 is 4.74 Å². The lowest BCUT2D eigenvalue weighted by atomic mass is 9.95. The van der Waals surface area contributed by atoms with E-state index in [2.05, 4.69) is 6.07 Å². The minimum absolute atomic E-state index is 0.133. The van der Waals surface area contributed by atoms with Crippen LogP contribution in [0.2, 0.25) is 0 Å². The molecule has 1 aromatic carbocycles. The van der Waals surface area contributed by atoms with Gasteiger partial charge in [-0.1, -0.05) is 19.1 Å². The second kappa shape index (κ2) is 7.05. The minimum Gasteiger partial charge on any atom is -0.494 e. The molecule has 0 spiro atoms. The van der Waals surface area contributed by atoms with Crippen LogP contribution in [0, 0.1) is 11.3 Å². The first-order valence-corrected chi connectivity index (χ1v) is 7.76. The molecule has 1 atom stereocenters. The molecule has 0 bridgehead atoms. The number of hydrogen-bond donors (Lipinski definition) is 0. The summed E-state index contributed by atoms with van der Waals surface area (Å²) < 4.78 is 5.37. The molecule has 0 fully saturated rings. The lowest BCUT2D eigenvalue weighted by molar-refractivity contribution is 0.0982. The van der Waals surface area contributed by atoms with E-state index in [4.69, 9.17) is 4.74 Å². The van der Waals surface area contributed by atoms with Crippen LogP contribution in [0.3, 0.4) is 0 Å². The topological polar surface area (TPSA) is 50.1 Å². The molecule has 1 aromatic heterocycles. The third kappa shape index (κ3) is 3.50. The average molecular weight is 299 g/mol. The zero-order valence-electron chi connectivity index (χ0n) is 12.1. The van der Waals surface area contributed by atoms with Crippen LogP contribution in [0.4, 0.5) is 0 Å². The van der Waals surface area contributed by atoms with E-state index in [1.165, 1.54) is 11.3 Å². The van der Waals surface area contributed by atoms with Gasteiger partial charge in [0.25, 0.3) is 0 Å². The van der Waals surface area contributed by atoms with Crippen molar-refractivity contribution in [1.82, 2.24) is 0 Å². The zero-order valence-corrected chi connectivity index (χ0v) is 12.9. The van der Waals surface area contributed by atoms with Crippen LogP contribution in [0.25, 0.3) is 0 Å². The summed E-state index contributed by atoms with van der Waals surface area (Å²) in [6.45, 7) is 4.56. The summed E-state index contributed by atoms with van der Waals surface area (Å²) in [5.74, 6) is -0.148. The fourth-order valence-electron chi connectivity index (χ4n) is 2.05. The molecule has 0 radical (unpaired) electrons. The summed E-state index contributed by atoms with van der Waals surface area (Å²) in [6, 6.07) is 13.0. The third-order valence-electron chi connectivity index (χ3n) is 3.17. The highest BCUT2D eigenvalue weighted by molar-refractivity contribution is 7.14. The summed E-state index contributed by atoms with van der Waals surface area (Å²) in [4.78, 5) is 14.3. The normalized spacial score (nSPS) is 11.7. The van der Waals surface area contributed by atoms with Crippen LogP contribution >= 0.6 is 11.3 Å². The molecule has 108 valence electrons. The van der Waals surface area contributed by atoms with Crippen molar-refractivity contribution in [2.75, 3.05) is 6.61 Å². The predicted molar refractivity (Wildman–Crippen MR) is 84.0 cm³/mol. The van der Waals surface area contributed by atoms with Crippen LogP contribution in [-0.4, -0.2) is 12.4 Å². The van der Waals surface area contributed by atoms with E-state index in [9.17, 15) is 10.1 Å². The molecule has 0 aliphatic carbocycles. The van der Waals surface area contributed by atoms with Crippen molar-refractivity contribution in [3.63, 3.8) is 0 Å². The minimum atomic E-state index is -0.760. The first-order chi connectivity index (χ1) is 10.2. The van der Waals surface area contributed by atoms with E-state index in [0.29, 0.717) is 17.0 Å². The predicted octanol–water partition coefficient (Wildman–Crippen LogP) is 4.20. The highest BCUT2D eigenvalue weighted by Gasteiger charge is 2.23. The van der Waals surface area contributed by atoms with Crippen LogP contribution in [0.1, 0.15) is 39.9 Å². The Labute approximate surface area is 128 Å². The smallest absolute Gasteiger partial charge is 0.194 e. The van der Waals surface area contributed by atoms with Crippen molar-refractivity contribution < 1.29 is 9.53 Å².